The van der Waals surface area contributed by atoms with E-state index in [0.717, 1.165) is 6.42 Å². The van der Waals surface area contributed by atoms with Crippen molar-refractivity contribution in [2.75, 3.05) is 13.1 Å². The maximum Gasteiger partial charge on any atom is 0.315 e. The first-order valence-corrected chi connectivity index (χ1v) is 4.85. The number of rotatable bonds is 5. The van der Waals surface area contributed by atoms with Crippen LogP contribution in [0.4, 0.5) is 4.79 Å². The smallest absolute Gasteiger partial charge is 0.315 e. The number of urea groups is 1. The van der Waals surface area contributed by atoms with Gasteiger partial charge in [0, 0.05) is 26.1 Å². The first-order chi connectivity index (χ1) is 6.56. The van der Waals surface area contributed by atoms with Gasteiger partial charge in [0.2, 0.25) is 5.91 Å². The van der Waals surface area contributed by atoms with Gasteiger partial charge in [-0.25, -0.2) is 4.79 Å². The minimum Gasteiger partial charge on any atom is -0.355 e. The van der Waals surface area contributed by atoms with Gasteiger partial charge < -0.3 is 16.0 Å². The van der Waals surface area contributed by atoms with Crippen molar-refractivity contribution in [3.8, 4) is 0 Å². The summed E-state index contributed by atoms with van der Waals surface area (Å²) in [5, 5.41) is 7.98. The number of carbonyl (C=O) groups is 2. The number of hydrogen-bond acceptors (Lipinski definition) is 2. The van der Waals surface area contributed by atoms with E-state index in [9.17, 15) is 9.59 Å². The quantitative estimate of drug-likeness (QED) is 0.557. The van der Waals surface area contributed by atoms with Crippen LogP contribution in [0.5, 0.6) is 0 Å². The molecule has 0 aromatic rings. The second-order valence-electron chi connectivity index (χ2n) is 3.19. The lowest BCUT2D eigenvalue weighted by Crippen LogP contribution is -2.43. The topological polar surface area (TPSA) is 70.2 Å². The zero-order chi connectivity index (χ0) is 11.0. The highest BCUT2D eigenvalue weighted by Crippen LogP contribution is 1.86. The Morgan fingerprint density at radius 3 is 2.29 bits per heavy atom. The van der Waals surface area contributed by atoms with Crippen LogP contribution in [0.1, 0.15) is 27.2 Å². The van der Waals surface area contributed by atoms with E-state index in [1.807, 2.05) is 13.8 Å². The molecule has 5 heteroatoms. The molecule has 0 spiro atoms. The van der Waals surface area contributed by atoms with Crippen molar-refractivity contribution < 1.29 is 9.59 Å². The summed E-state index contributed by atoms with van der Waals surface area (Å²) in [5.74, 6) is -0.0888. The van der Waals surface area contributed by atoms with Crippen LogP contribution in [0.15, 0.2) is 0 Å². The molecular formula is C9H19N3O2. The van der Waals surface area contributed by atoms with Crippen LogP contribution in [0.25, 0.3) is 0 Å². The van der Waals surface area contributed by atoms with Crippen LogP contribution >= 0.6 is 0 Å². The Morgan fingerprint density at radius 1 is 1.21 bits per heavy atom. The van der Waals surface area contributed by atoms with Gasteiger partial charge in [-0.3, -0.25) is 4.79 Å². The van der Waals surface area contributed by atoms with Crippen LogP contribution in [0.2, 0.25) is 0 Å². The summed E-state index contributed by atoms with van der Waals surface area (Å²) in [7, 11) is 0. The fourth-order valence-corrected chi connectivity index (χ4v) is 0.791. The lowest BCUT2D eigenvalue weighted by Gasteiger charge is -2.12. The van der Waals surface area contributed by atoms with E-state index in [1.165, 1.54) is 6.92 Å². The van der Waals surface area contributed by atoms with Crippen molar-refractivity contribution in [3.05, 3.63) is 0 Å². The number of carbonyl (C=O) groups excluding carboxylic acids is 2. The van der Waals surface area contributed by atoms with E-state index < -0.39 is 0 Å². The van der Waals surface area contributed by atoms with Gasteiger partial charge in [0.15, 0.2) is 0 Å². The molecule has 1 unspecified atom stereocenters. The fraction of sp³-hybridized carbons (Fsp3) is 0.778. The minimum atomic E-state index is -0.190. The third-order valence-electron chi connectivity index (χ3n) is 1.77. The Balaban J connectivity index is 3.40. The van der Waals surface area contributed by atoms with Gasteiger partial charge in [-0.05, 0) is 13.3 Å². The molecule has 0 aromatic heterocycles. The molecule has 0 fully saturated rings. The molecule has 3 N–H and O–H groups in total. The van der Waals surface area contributed by atoms with Gasteiger partial charge in [0.25, 0.3) is 0 Å². The van der Waals surface area contributed by atoms with Gasteiger partial charge in [-0.15, -0.1) is 0 Å². The molecule has 0 saturated heterocycles. The Bertz CT molecular complexity index is 194. The van der Waals surface area contributed by atoms with E-state index in [2.05, 4.69) is 16.0 Å². The van der Waals surface area contributed by atoms with Gasteiger partial charge in [0.05, 0.1) is 0 Å². The Hall–Kier alpha value is -1.26. The molecule has 0 aromatic carbocycles. The van der Waals surface area contributed by atoms with Crippen molar-refractivity contribution in [2.45, 2.75) is 33.2 Å². The zero-order valence-electron chi connectivity index (χ0n) is 9.02. The van der Waals surface area contributed by atoms with Crippen molar-refractivity contribution >= 4 is 11.9 Å². The van der Waals surface area contributed by atoms with Crippen molar-refractivity contribution in [1.29, 1.82) is 0 Å². The minimum absolute atomic E-state index is 0.0888. The first-order valence-electron chi connectivity index (χ1n) is 4.85. The lowest BCUT2D eigenvalue weighted by molar-refractivity contribution is -0.118. The zero-order valence-corrected chi connectivity index (χ0v) is 9.02. The molecule has 82 valence electrons. The highest BCUT2D eigenvalue weighted by atomic mass is 16.2. The molecule has 0 rings (SSSR count). The summed E-state index contributed by atoms with van der Waals surface area (Å²) in [5.41, 5.74) is 0. The van der Waals surface area contributed by atoms with E-state index in [1.54, 1.807) is 0 Å². The summed E-state index contributed by atoms with van der Waals surface area (Å²) in [6, 6.07) is -0.0135. The fourth-order valence-electron chi connectivity index (χ4n) is 0.791. The predicted octanol–water partition coefficient (Wildman–Crippen LogP) is 0.220. The third kappa shape index (κ3) is 7.39. The van der Waals surface area contributed by atoms with Crippen molar-refractivity contribution in [2.24, 2.45) is 0 Å². The van der Waals surface area contributed by atoms with Gasteiger partial charge in [0.1, 0.15) is 0 Å². The molecule has 5 nitrogen and oxygen atoms in total. The van der Waals surface area contributed by atoms with Gasteiger partial charge >= 0.3 is 6.03 Å². The molecule has 0 heterocycles. The second-order valence-corrected chi connectivity index (χ2v) is 3.19. The third-order valence-corrected chi connectivity index (χ3v) is 1.77. The van der Waals surface area contributed by atoms with Crippen molar-refractivity contribution in [1.82, 2.24) is 16.0 Å². The molecule has 0 aliphatic heterocycles. The van der Waals surface area contributed by atoms with E-state index in [4.69, 9.17) is 0 Å². The average molecular weight is 201 g/mol. The van der Waals surface area contributed by atoms with E-state index >= 15 is 0 Å². The molecule has 0 aliphatic rings. The highest BCUT2D eigenvalue weighted by Gasteiger charge is 2.03. The van der Waals surface area contributed by atoms with E-state index in [-0.39, 0.29) is 18.0 Å². The van der Waals surface area contributed by atoms with Crippen LogP contribution in [-0.4, -0.2) is 31.1 Å². The molecule has 0 radical (unpaired) electrons. The Kier molecular flexibility index (Phi) is 6.53. The number of amides is 3. The predicted molar refractivity (Wildman–Crippen MR) is 55.0 cm³/mol. The van der Waals surface area contributed by atoms with Gasteiger partial charge in [-0.2, -0.15) is 0 Å². The lowest BCUT2D eigenvalue weighted by atomic mass is 10.3. The maximum atomic E-state index is 11.1. The monoisotopic (exact) mass is 201 g/mol. The van der Waals surface area contributed by atoms with Crippen LogP contribution in [-0.2, 0) is 4.79 Å². The molecule has 0 aliphatic carbocycles. The molecule has 1 atom stereocenters. The standard InChI is InChI=1S/C9H19N3O2/c1-4-7(2)12-9(14)11-6-5-10-8(3)13/h7H,4-6H2,1-3H3,(H,10,13)(H2,11,12,14). The summed E-state index contributed by atoms with van der Waals surface area (Å²) in [4.78, 5) is 21.6. The van der Waals surface area contributed by atoms with Crippen molar-refractivity contribution in [3.63, 3.8) is 0 Å². The average Bonchev–Trinajstić information content (AvgIpc) is 2.12. The molecule has 0 bridgehead atoms. The summed E-state index contributed by atoms with van der Waals surface area (Å²) in [6.07, 6.45) is 0.902. The summed E-state index contributed by atoms with van der Waals surface area (Å²) < 4.78 is 0. The largest absolute Gasteiger partial charge is 0.355 e. The Labute approximate surface area is 84.6 Å². The number of nitrogens with one attached hydrogen (secondary N) is 3. The molecule has 3 amide bonds. The summed E-state index contributed by atoms with van der Waals surface area (Å²) in [6.45, 7) is 6.29. The summed E-state index contributed by atoms with van der Waals surface area (Å²) >= 11 is 0. The normalized spacial score (nSPS) is 11.6. The van der Waals surface area contributed by atoms with Gasteiger partial charge in [-0.1, -0.05) is 6.92 Å². The second kappa shape index (κ2) is 7.17. The first kappa shape index (κ1) is 12.7. The number of hydrogen-bond donors (Lipinski definition) is 3. The maximum absolute atomic E-state index is 11.1. The van der Waals surface area contributed by atoms with Crippen LogP contribution in [0.3, 0.4) is 0 Å². The van der Waals surface area contributed by atoms with Crippen LogP contribution < -0.4 is 16.0 Å². The highest BCUT2D eigenvalue weighted by molar-refractivity contribution is 5.74. The van der Waals surface area contributed by atoms with Crippen LogP contribution in [0, 0.1) is 0 Å². The molecule has 0 saturated carbocycles. The van der Waals surface area contributed by atoms with E-state index in [0.29, 0.717) is 13.1 Å². The SMILES string of the molecule is CCC(C)NC(=O)NCCNC(C)=O. The molecule has 14 heavy (non-hydrogen) atoms. The molecular weight excluding hydrogens is 182 g/mol. The Morgan fingerprint density at radius 2 is 1.79 bits per heavy atom.